The zero-order valence-corrected chi connectivity index (χ0v) is 18.6. The largest absolute Gasteiger partial charge is 0.415 e. The minimum atomic E-state index is -3.12. The summed E-state index contributed by atoms with van der Waals surface area (Å²) in [4.78, 5) is 21.8. The number of aryl methyl sites for hydroxylation is 1. The maximum Gasteiger partial charge on any atom is 0.388 e. The average Bonchev–Trinajstić information content (AvgIpc) is 3.18. The second-order valence-electron chi connectivity index (χ2n) is 6.60. The molecule has 0 fully saturated rings. The third-order valence-electron chi connectivity index (χ3n) is 4.33. The molecule has 8 nitrogen and oxygen atoms in total. The Kier molecular flexibility index (Phi) is 7.39. The summed E-state index contributed by atoms with van der Waals surface area (Å²) >= 11 is 6.25. The molecule has 0 saturated heterocycles. The van der Waals surface area contributed by atoms with E-state index in [9.17, 15) is 13.6 Å². The molecule has 0 spiro atoms. The Labute approximate surface area is 192 Å². The van der Waals surface area contributed by atoms with Crippen molar-refractivity contribution in [1.29, 1.82) is 0 Å². The van der Waals surface area contributed by atoms with E-state index < -0.39 is 18.1 Å². The first-order valence-electron chi connectivity index (χ1n) is 9.50. The molecule has 0 N–H and O–H groups in total. The topological polar surface area (TPSA) is 91.7 Å². The number of hydrogen-bond acceptors (Lipinski definition) is 7. The SMILES string of the molecule is C=C(/C(Cl)=C\C=C/C)n1nc(OC(F)F)cc1-c1nc2c(C)cc(/C=N/OC)cc2c(=O)o1. The van der Waals surface area contributed by atoms with Crippen LogP contribution in [-0.4, -0.2) is 34.7 Å². The van der Waals surface area contributed by atoms with Crippen molar-refractivity contribution in [3.63, 3.8) is 0 Å². The molecule has 2 aromatic heterocycles. The van der Waals surface area contributed by atoms with Crippen LogP contribution >= 0.6 is 11.6 Å². The number of aromatic nitrogens is 3. The second kappa shape index (κ2) is 10.2. The predicted octanol–water partition coefficient (Wildman–Crippen LogP) is 5.11. The van der Waals surface area contributed by atoms with E-state index in [1.165, 1.54) is 13.3 Å². The summed E-state index contributed by atoms with van der Waals surface area (Å²) < 4.78 is 36.5. The van der Waals surface area contributed by atoms with E-state index in [2.05, 4.69) is 31.4 Å². The van der Waals surface area contributed by atoms with E-state index in [1.807, 2.05) is 0 Å². The lowest BCUT2D eigenvalue weighted by atomic mass is 10.1. The number of hydrogen-bond donors (Lipinski definition) is 0. The van der Waals surface area contributed by atoms with Gasteiger partial charge in [-0.2, -0.15) is 8.78 Å². The highest BCUT2D eigenvalue weighted by atomic mass is 35.5. The molecular weight excluding hydrogens is 458 g/mol. The van der Waals surface area contributed by atoms with Crippen molar-refractivity contribution < 1.29 is 22.8 Å². The van der Waals surface area contributed by atoms with Crippen LogP contribution < -0.4 is 10.4 Å². The summed E-state index contributed by atoms with van der Waals surface area (Å²) in [6.45, 7) is 4.27. The lowest BCUT2D eigenvalue weighted by molar-refractivity contribution is -0.0530. The number of rotatable bonds is 8. The first-order valence-corrected chi connectivity index (χ1v) is 9.88. The van der Waals surface area contributed by atoms with Gasteiger partial charge in [0, 0.05) is 6.07 Å². The smallest absolute Gasteiger partial charge is 0.388 e. The van der Waals surface area contributed by atoms with E-state index in [1.54, 1.807) is 44.2 Å². The highest BCUT2D eigenvalue weighted by Gasteiger charge is 2.21. The van der Waals surface area contributed by atoms with Crippen LogP contribution in [0.25, 0.3) is 28.2 Å². The molecule has 11 heteroatoms. The summed E-state index contributed by atoms with van der Waals surface area (Å²) in [5.41, 5.74) is 1.08. The molecule has 0 aliphatic heterocycles. The van der Waals surface area contributed by atoms with Gasteiger partial charge in [-0.15, -0.1) is 5.10 Å². The molecule has 3 aromatic rings. The molecule has 0 atom stereocenters. The Morgan fingerprint density at radius 3 is 2.79 bits per heavy atom. The quantitative estimate of drug-likeness (QED) is 0.255. The minimum absolute atomic E-state index is 0.0473. The number of oxime groups is 1. The van der Waals surface area contributed by atoms with Gasteiger partial charge in [-0.1, -0.05) is 35.5 Å². The number of nitrogens with zero attached hydrogens (tertiary/aromatic N) is 4. The van der Waals surface area contributed by atoms with E-state index >= 15 is 0 Å². The zero-order chi connectivity index (χ0) is 24.1. The molecule has 0 unspecified atom stereocenters. The van der Waals surface area contributed by atoms with Gasteiger partial charge in [-0.3, -0.25) is 0 Å². The summed E-state index contributed by atoms with van der Waals surface area (Å²) in [5, 5.41) is 8.02. The van der Waals surface area contributed by atoms with Crippen molar-refractivity contribution in [1.82, 2.24) is 14.8 Å². The van der Waals surface area contributed by atoms with Gasteiger partial charge in [0.25, 0.3) is 0 Å². The molecule has 3 rings (SSSR count). The van der Waals surface area contributed by atoms with Gasteiger partial charge in [-0.05, 0) is 43.2 Å². The van der Waals surface area contributed by atoms with Gasteiger partial charge in [-0.25, -0.2) is 14.5 Å². The zero-order valence-electron chi connectivity index (χ0n) is 17.9. The first kappa shape index (κ1) is 23.9. The number of halogens is 3. The molecule has 33 heavy (non-hydrogen) atoms. The van der Waals surface area contributed by atoms with E-state index in [4.69, 9.17) is 16.0 Å². The number of benzene rings is 1. The highest BCUT2D eigenvalue weighted by Crippen LogP contribution is 2.30. The van der Waals surface area contributed by atoms with E-state index in [-0.39, 0.29) is 27.7 Å². The Hall–Kier alpha value is -3.79. The second-order valence-corrected chi connectivity index (χ2v) is 7.01. The van der Waals surface area contributed by atoms with Crippen LogP contribution in [0.5, 0.6) is 5.88 Å². The molecule has 1 aromatic carbocycles. The summed E-state index contributed by atoms with van der Waals surface area (Å²) in [5.74, 6) is -0.605. The van der Waals surface area contributed by atoms with Crippen molar-refractivity contribution in [2.75, 3.05) is 7.11 Å². The third kappa shape index (κ3) is 5.35. The van der Waals surface area contributed by atoms with Gasteiger partial charge in [0.05, 0.1) is 27.8 Å². The van der Waals surface area contributed by atoms with Crippen LogP contribution in [0.2, 0.25) is 0 Å². The van der Waals surface area contributed by atoms with Crippen molar-refractivity contribution in [2.24, 2.45) is 5.16 Å². The fourth-order valence-electron chi connectivity index (χ4n) is 2.92. The summed E-state index contributed by atoms with van der Waals surface area (Å²) in [6, 6.07) is 4.45. The van der Waals surface area contributed by atoms with Crippen LogP contribution in [0.4, 0.5) is 8.78 Å². The van der Waals surface area contributed by atoms with E-state index in [0.29, 0.717) is 16.6 Å². The highest BCUT2D eigenvalue weighted by molar-refractivity contribution is 6.35. The normalized spacial score (nSPS) is 12.4. The molecule has 0 saturated carbocycles. The third-order valence-corrected chi connectivity index (χ3v) is 4.68. The number of fused-ring (bicyclic) bond motifs is 1. The van der Waals surface area contributed by atoms with Gasteiger partial charge in [0.15, 0.2) is 0 Å². The van der Waals surface area contributed by atoms with Crippen LogP contribution in [0.15, 0.2) is 62.4 Å². The molecule has 0 aliphatic rings. The summed E-state index contributed by atoms with van der Waals surface area (Å²) in [6.07, 6.45) is 6.38. The Morgan fingerprint density at radius 2 is 2.12 bits per heavy atom. The predicted molar refractivity (Wildman–Crippen MR) is 122 cm³/mol. The molecule has 172 valence electrons. The van der Waals surface area contributed by atoms with Crippen LogP contribution in [-0.2, 0) is 4.84 Å². The van der Waals surface area contributed by atoms with Crippen LogP contribution in [0, 0.1) is 6.92 Å². The van der Waals surface area contributed by atoms with Gasteiger partial charge >= 0.3 is 12.2 Å². The van der Waals surface area contributed by atoms with Crippen LogP contribution in [0.1, 0.15) is 18.1 Å². The van der Waals surface area contributed by atoms with Crippen molar-refractivity contribution in [3.05, 3.63) is 69.6 Å². The Balaban J connectivity index is 2.20. The van der Waals surface area contributed by atoms with Crippen LogP contribution in [0.3, 0.4) is 0 Å². The summed E-state index contributed by atoms with van der Waals surface area (Å²) in [7, 11) is 1.40. The molecule has 0 amide bonds. The van der Waals surface area contributed by atoms with E-state index in [0.717, 1.165) is 10.7 Å². The molecule has 2 heterocycles. The maximum atomic E-state index is 12.8. The number of alkyl halides is 2. The molecular formula is C22H19ClF2N4O4. The molecule has 0 radical (unpaired) electrons. The number of ether oxygens (including phenoxy) is 1. The fraction of sp³-hybridized carbons (Fsp3) is 0.182. The first-order chi connectivity index (χ1) is 15.7. The molecule has 0 aliphatic carbocycles. The van der Waals surface area contributed by atoms with Crippen molar-refractivity contribution in [2.45, 2.75) is 20.5 Å². The Morgan fingerprint density at radius 1 is 1.36 bits per heavy atom. The lowest BCUT2D eigenvalue weighted by Crippen LogP contribution is -2.08. The van der Waals surface area contributed by atoms with Crippen molar-refractivity contribution in [3.8, 4) is 17.5 Å². The van der Waals surface area contributed by atoms with Crippen molar-refractivity contribution >= 4 is 34.4 Å². The molecule has 0 bridgehead atoms. The van der Waals surface area contributed by atoms with Gasteiger partial charge in [0.2, 0.25) is 11.8 Å². The lowest BCUT2D eigenvalue weighted by Gasteiger charge is -2.09. The maximum absolute atomic E-state index is 12.8. The minimum Gasteiger partial charge on any atom is -0.415 e. The average molecular weight is 477 g/mol. The number of allylic oxidation sites excluding steroid dienone is 5. The standard InChI is InChI=1S/C22H19ClF2N4O4/c1-5-6-7-16(23)13(3)29-17(10-18(28-29)32-22(24)25)20-27-19-12(2)8-14(11-26-31-4)9-15(19)21(30)33-20/h5-11,22H,3H2,1-2,4H3/b6-5-,16-7+,26-11+. The fourth-order valence-corrected chi connectivity index (χ4v) is 3.07. The van der Waals surface area contributed by atoms with Gasteiger partial charge in [0.1, 0.15) is 12.8 Å². The monoisotopic (exact) mass is 476 g/mol. The van der Waals surface area contributed by atoms with Gasteiger partial charge < -0.3 is 14.0 Å². The Bertz CT molecular complexity index is 1340.